The number of hydrogen-bond donors (Lipinski definition) is 1. The van der Waals surface area contributed by atoms with Gasteiger partial charge in [0.1, 0.15) is 5.82 Å². The molecule has 0 heterocycles. The minimum atomic E-state index is -0.214. The summed E-state index contributed by atoms with van der Waals surface area (Å²) in [6.07, 6.45) is 1.22. The molecule has 1 aromatic rings. The third kappa shape index (κ3) is 5.91. The van der Waals surface area contributed by atoms with Crippen molar-refractivity contribution >= 4 is 15.9 Å². The lowest BCUT2D eigenvalue weighted by Crippen LogP contribution is -2.25. The molecule has 1 atom stereocenters. The summed E-state index contributed by atoms with van der Waals surface area (Å²) in [5.41, 5.74) is 6.58. The van der Waals surface area contributed by atoms with Crippen LogP contribution in [-0.2, 0) is 15.9 Å². The van der Waals surface area contributed by atoms with Gasteiger partial charge in [-0.3, -0.25) is 0 Å². The Balaban J connectivity index is 2.30. The standard InChI is InChI=1S/C13H19BrFNO2/c1-17-6-7-18-5-4-12(16)9-10-8-11(14)2-3-13(10)15/h2-3,8,12H,4-7,9,16H2,1H3. The molecule has 0 amide bonds. The maximum Gasteiger partial charge on any atom is 0.126 e. The molecule has 1 aromatic carbocycles. The SMILES string of the molecule is COCCOCCC(N)Cc1cc(Br)ccc1F. The first-order chi connectivity index (χ1) is 8.63. The lowest BCUT2D eigenvalue weighted by molar-refractivity contribution is 0.0672. The highest BCUT2D eigenvalue weighted by Gasteiger charge is 2.09. The zero-order valence-corrected chi connectivity index (χ0v) is 12.1. The van der Waals surface area contributed by atoms with E-state index in [4.69, 9.17) is 15.2 Å². The Hall–Kier alpha value is -0.490. The molecule has 18 heavy (non-hydrogen) atoms. The molecular formula is C13H19BrFNO2. The van der Waals surface area contributed by atoms with Crippen molar-refractivity contribution in [2.24, 2.45) is 5.73 Å². The average Bonchev–Trinajstić information content (AvgIpc) is 2.33. The molecule has 102 valence electrons. The minimum Gasteiger partial charge on any atom is -0.382 e. The largest absolute Gasteiger partial charge is 0.382 e. The van der Waals surface area contributed by atoms with E-state index in [1.807, 2.05) is 0 Å². The molecule has 0 saturated heterocycles. The molecule has 3 nitrogen and oxygen atoms in total. The van der Waals surface area contributed by atoms with E-state index in [2.05, 4.69) is 15.9 Å². The minimum absolute atomic E-state index is 0.101. The van der Waals surface area contributed by atoms with Gasteiger partial charge in [-0.05, 0) is 36.6 Å². The van der Waals surface area contributed by atoms with Crippen LogP contribution in [0.3, 0.4) is 0 Å². The van der Waals surface area contributed by atoms with Crippen LogP contribution >= 0.6 is 15.9 Å². The Morgan fingerprint density at radius 3 is 2.83 bits per heavy atom. The van der Waals surface area contributed by atoms with Gasteiger partial charge in [0.05, 0.1) is 13.2 Å². The van der Waals surface area contributed by atoms with Gasteiger partial charge in [-0.15, -0.1) is 0 Å². The molecule has 0 aromatic heterocycles. The Kier molecular flexibility index (Phi) is 7.42. The fraction of sp³-hybridized carbons (Fsp3) is 0.538. The molecular weight excluding hydrogens is 301 g/mol. The summed E-state index contributed by atoms with van der Waals surface area (Å²) in [5.74, 6) is -0.214. The Morgan fingerprint density at radius 1 is 1.33 bits per heavy atom. The highest BCUT2D eigenvalue weighted by molar-refractivity contribution is 9.10. The van der Waals surface area contributed by atoms with E-state index in [9.17, 15) is 4.39 Å². The van der Waals surface area contributed by atoms with Crippen molar-refractivity contribution in [3.63, 3.8) is 0 Å². The van der Waals surface area contributed by atoms with Crippen molar-refractivity contribution in [2.45, 2.75) is 18.9 Å². The number of ether oxygens (including phenoxy) is 2. The molecule has 1 rings (SSSR count). The van der Waals surface area contributed by atoms with E-state index >= 15 is 0 Å². The van der Waals surface area contributed by atoms with Crippen LogP contribution in [0, 0.1) is 5.82 Å². The molecule has 0 fully saturated rings. The first-order valence-electron chi connectivity index (χ1n) is 5.89. The van der Waals surface area contributed by atoms with Gasteiger partial charge >= 0.3 is 0 Å². The normalized spacial score (nSPS) is 12.7. The number of rotatable bonds is 8. The van der Waals surface area contributed by atoms with Crippen LogP contribution < -0.4 is 5.73 Å². The number of nitrogens with two attached hydrogens (primary N) is 1. The second-order valence-electron chi connectivity index (χ2n) is 4.09. The summed E-state index contributed by atoms with van der Waals surface area (Å²) in [7, 11) is 1.63. The fourth-order valence-electron chi connectivity index (χ4n) is 1.56. The third-order valence-electron chi connectivity index (χ3n) is 2.55. The number of methoxy groups -OCH3 is 1. The van der Waals surface area contributed by atoms with Crippen molar-refractivity contribution in [1.29, 1.82) is 0 Å². The second-order valence-corrected chi connectivity index (χ2v) is 5.01. The van der Waals surface area contributed by atoms with Gasteiger partial charge in [0.2, 0.25) is 0 Å². The summed E-state index contributed by atoms with van der Waals surface area (Å²) in [4.78, 5) is 0. The fourth-order valence-corrected chi connectivity index (χ4v) is 1.97. The molecule has 0 saturated carbocycles. The van der Waals surface area contributed by atoms with Crippen molar-refractivity contribution in [3.05, 3.63) is 34.1 Å². The van der Waals surface area contributed by atoms with Crippen LogP contribution in [0.15, 0.2) is 22.7 Å². The van der Waals surface area contributed by atoms with E-state index in [1.165, 1.54) is 6.07 Å². The topological polar surface area (TPSA) is 44.5 Å². The van der Waals surface area contributed by atoms with Gasteiger partial charge in [0, 0.05) is 24.2 Å². The van der Waals surface area contributed by atoms with Gasteiger partial charge in [-0.2, -0.15) is 0 Å². The summed E-state index contributed by atoms with van der Waals surface area (Å²) in [6.45, 7) is 1.71. The molecule has 0 aliphatic rings. The summed E-state index contributed by atoms with van der Waals surface area (Å²) < 4.78 is 24.5. The zero-order valence-electron chi connectivity index (χ0n) is 10.5. The van der Waals surface area contributed by atoms with Gasteiger partial charge in [0.25, 0.3) is 0 Å². The highest BCUT2D eigenvalue weighted by atomic mass is 79.9. The Bertz CT molecular complexity index is 363. The van der Waals surface area contributed by atoms with Crippen molar-refractivity contribution in [2.75, 3.05) is 26.9 Å². The first-order valence-corrected chi connectivity index (χ1v) is 6.69. The lowest BCUT2D eigenvalue weighted by Gasteiger charge is -2.12. The molecule has 1 unspecified atom stereocenters. The number of halogens is 2. The third-order valence-corrected chi connectivity index (χ3v) is 3.05. The van der Waals surface area contributed by atoms with Gasteiger partial charge in [0.15, 0.2) is 0 Å². The van der Waals surface area contributed by atoms with Gasteiger partial charge < -0.3 is 15.2 Å². The lowest BCUT2D eigenvalue weighted by atomic mass is 10.0. The molecule has 0 aliphatic heterocycles. The smallest absolute Gasteiger partial charge is 0.126 e. The van der Waals surface area contributed by atoms with Crippen LogP contribution in [0.1, 0.15) is 12.0 Å². The molecule has 0 spiro atoms. The van der Waals surface area contributed by atoms with Crippen molar-refractivity contribution < 1.29 is 13.9 Å². The van der Waals surface area contributed by atoms with E-state index in [0.29, 0.717) is 38.2 Å². The maximum absolute atomic E-state index is 13.5. The van der Waals surface area contributed by atoms with Crippen LogP contribution in [0.4, 0.5) is 4.39 Å². The van der Waals surface area contributed by atoms with Crippen molar-refractivity contribution in [3.8, 4) is 0 Å². The molecule has 0 bridgehead atoms. The Labute approximate surface area is 116 Å². The van der Waals surface area contributed by atoms with Gasteiger partial charge in [-0.25, -0.2) is 4.39 Å². The summed E-state index contributed by atoms with van der Waals surface area (Å²) in [6, 6.07) is 4.79. The van der Waals surface area contributed by atoms with Gasteiger partial charge in [-0.1, -0.05) is 15.9 Å². The Morgan fingerprint density at radius 2 is 2.11 bits per heavy atom. The predicted octanol–water partition coefficient (Wildman–Crippen LogP) is 2.51. The monoisotopic (exact) mass is 319 g/mol. The maximum atomic E-state index is 13.5. The van der Waals surface area contributed by atoms with E-state index in [-0.39, 0.29) is 11.9 Å². The quantitative estimate of drug-likeness (QED) is 0.749. The molecule has 0 aliphatic carbocycles. The van der Waals surface area contributed by atoms with Crippen LogP contribution in [-0.4, -0.2) is 33.0 Å². The molecule has 2 N–H and O–H groups in total. The van der Waals surface area contributed by atoms with Crippen molar-refractivity contribution in [1.82, 2.24) is 0 Å². The average molecular weight is 320 g/mol. The van der Waals surface area contributed by atoms with Crippen LogP contribution in [0.2, 0.25) is 0 Å². The summed E-state index contributed by atoms with van der Waals surface area (Å²) >= 11 is 3.32. The first kappa shape index (κ1) is 15.6. The molecule has 0 radical (unpaired) electrons. The van der Waals surface area contributed by atoms with E-state index in [1.54, 1.807) is 19.2 Å². The van der Waals surface area contributed by atoms with Crippen LogP contribution in [0.25, 0.3) is 0 Å². The zero-order chi connectivity index (χ0) is 13.4. The number of hydrogen-bond acceptors (Lipinski definition) is 3. The van der Waals surface area contributed by atoms with E-state index < -0.39 is 0 Å². The van der Waals surface area contributed by atoms with Crippen LogP contribution in [0.5, 0.6) is 0 Å². The van der Waals surface area contributed by atoms with E-state index in [0.717, 1.165) is 4.47 Å². The second kappa shape index (κ2) is 8.58. The number of benzene rings is 1. The summed E-state index contributed by atoms with van der Waals surface area (Å²) in [5, 5.41) is 0. The molecule has 5 heteroatoms. The highest BCUT2D eigenvalue weighted by Crippen LogP contribution is 2.17. The predicted molar refractivity (Wildman–Crippen MR) is 73.1 cm³/mol.